The molecule has 100 valence electrons. The average Bonchev–Trinajstić information content (AvgIpc) is 3.11. The van der Waals surface area contributed by atoms with Crippen LogP contribution in [0.5, 0.6) is 0 Å². The van der Waals surface area contributed by atoms with Crippen molar-refractivity contribution >= 4 is 15.9 Å². The largest absolute Gasteiger partial charge is 0.330 e. The van der Waals surface area contributed by atoms with Gasteiger partial charge in [-0.3, -0.25) is 0 Å². The Kier molecular flexibility index (Phi) is 3.41. The fourth-order valence-corrected chi connectivity index (χ4v) is 3.58. The molecule has 1 aliphatic carbocycles. The number of nitrogens with two attached hydrogens (primary N) is 1. The van der Waals surface area contributed by atoms with Crippen molar-refractivity contribution in [3.8, 4) is 5.69 Å². The Morgan fingerprint density at radius 3 is 2.68 bits per heavy atom. The fourth-order valence-electron chi connectivity index (χ4n) is 3.02. The molecule has 0 aliphatic heterocycles. The zero-order valence-electron chi connectivity index (χ0n) is 10.7. The molecule has 0 radical (unpaired) electrons. The summed E-state index contributed by atoms with van der Waals surface area (Å²) >= 11 is 3.64. The first kappa shape index (κ1) is 12.8. The van der Waals surface area contributed by atoms with Crippen LogP contribution in [0.2, 0.25) is 0 Å². The van der Waals surface area contributed by atoms with Crippen LogP contribution in [0.3, 0.4) is 0 Å². The minimum atomic E-state index is 0.170. The van der Waals surface area contributed by atoms with Crippen LogP contribution in [0, 0.1) is 0 Å². The van der Waals surface area contributed by atoms with Gasteiger partial charge >= 0.3 is 0 Å². The molecule has 1 saturated carbocycles. The molecule has 3 rings (SSSR count). The monoisotopic (exact) mass is 320 g/mol. The van der Waals surface area contributed by atoms with Crippen molar-refractivity contribution in [2.45, 2.75) is 31.1 Å². The Hall–Kier alpha value is -1.20. The summed E-state index contributed by atoms with van der Waals surface area (Å²) in [5, 5.41) is 4.16. The summed E-state index contributed by atoms with van der Waals surface area (Å²) in [7, 11) is 0. The molecular weight excluding hydrogens is 304 g/mol. The summed E-state index contributed by atoms with van der Waals surface area (Å²) in [6.07, 6.45) is 8.18. The summed E-state index contributed by atoms with van der Waals surface area (Å²) < 4.78 is 2.80. The Balaban J connectivity index is 2.00. The second-order valence-corrected chi connectivity index (χ2v) is 6.05. The number of hydrogen-bond acceptors (Lipinski definition) is 3. The van der Waals surface area contributed by atoms with Crippen LogP contribution in [0.4, 0.5) is 0 Å². The number of halogens is 1. The zero-order valence-corrected chi connectivity index (χ0v) is 12.3. The fraction of sp³-hybridized carbons (Fsp3) is 0.429. The second kappa shape index (κ2) is 5.06. The van der Waals surface area contributed by atoms with Gasteiger partial charge in [-0.1, -0.05) is 18.9 Å². The van der Waals surface area contributed by atoms with Gasteiger partial charge in [0.1, 0.15) is 12.7 Å². The molecule has 0 bridgehead atoms. The molecule has 0 unspecified atom stereocenters. The first-order valence-corrected chi connectivity index (χ1v) is 7.40. The van der Waals surface area contributed by atoms with Crippen LogP contribution < -0.4 is 5.73 Å². The van der Waals surface area contributed by atoms with Gasteiger partial charge in [-0.2, -0.15) is 5.10 Å². The highest BCUT2D eigenvalue weighted by Crippen LogP contribution is 2.41. The van der Waals surface area contributed by atoms with Crippen LogP contribution >= 0.6 is 15.9 Å². The molecule has 1 aliphatic rings. The van der Waals surface area contributed by atoms with Crippen LogP contribution in [0.1, 0.15) is 31.2 Å². The molecule has 0 spiro atoms. The summed E-state index contributed by atoms with van der Waals surface area (Å²) in [5.74, 6) is 0. The highest BCUT2D eigenvalue weighted by Gasteiger charge is 2.34. The van der Waals surface area contributed by atoms with Crippen LogP contribution in [-0.2, 0) is 5.41 Å². The van der Waals surface area contributed by atoms with E-state index in [-0.39, 0.29) is 5.41 Å². The zero-order chi connectivity index (χ0) is 13.3. The normalized spacial score (nSPS) is 17.8. The lowest BCUT2D eigenvalue weighted by molar-refractivity contribution is 0.453. The number of nitrogens with zero attached hydrogens (tertiary/aromatic N) is 3. The number of hydrogen-bond donors (Lipinski definition) is 1. The molecule has 1 aromatic heterocycles. The van der Waals surface area contributed by atoms with Gasteiger partial charge in [0, 0.05) is 16.4 Å². The lowest BCUT2D eigenvalue weighted by Crippen LogP contribution is -2.32. The van der Waals surface area contributed by atoms with E-state index in [1.165, 1.54) is 31.2 Å². The van der Waals surface area contributed by atoms with Crippen LogP contribution in [0.15, 0.2) is 35.3 Å². The van der Waals surface area contributed by atoms with Crippen molar-refractivity contribution in [3.63, 3.8) is 0 Å². The van der Waals surface area contributed by atoms with Gasteiger partial charge in [-0.25, -0.2) is 9.67 Å². The van der Waals surface area contributed by atoms with Gasteiger partial charge in [0.25, 0.3) is 0 Å². The quantitative estimate of drug-likeness (QED) is 0.946. The molecular formula is C14H17BrN4. The van der Waals surface area contributed by atoms with Gasteiger partial charge in [-0.05, 0) is 46.5 Å². The molecule has 4 nitrogen and oxygen atoms in total. The minimum absolute atomic E-state index is 0.170. The first-order chi connectivity index (χ1) is 9.25. The van der Waals surface area contributed by atoms with E-state index >= 15 is 0 Å². The third-order valence-electron chi connectivity index (χ3n) is 4.18. The topological polar surface area (TPSA) is 56.7 Å². The molecule has 19 heavy (non-hydrogen) atoms. The predicted octanol–water partition coefficient (Wildman–Crippen LogP) is 2.80. The molecule has 1 fully saturated rings. The lowest BCUT2D eigenvalue weighted by Gasteiger charge is -2.28. The van der Waals surface area contributed by atoms with Crippen molar-refractivity contribution < 1.29 is 0 Å². The maximum Gasteiger partial charge on any atom is 0.138 e. The first-order valence-electron chi connectivity index (χ1n) is 6.60. The van der Waals surface area contributed by atoms with E-state index in [1.54, 1.807) is 17.3 Å². The highest BCUT2D eigenvalue weighted by molar-refractivity contribution is 9.10. The Morgan fingerprint density at radius 1 is 1.32 bits per heavy atom. The molecule has 1 aromatic carbocycles. The molecule has 0 saturated heterocycles. The maximum absolute atomic E-state index is 6.04. The standard InChI is InChI=1S/C14H17BrN4/c15-12-7-11(14(8-16)5-1-2-6-14)3-4-13(12)19-10-17-9-18-19/h3-4,7,9-10H,1-2,5-6,8,16H2. The van der Waals surface area contributed by atoms with Gasteiger partial charge < -0.3 is 5.73 Å². The van der Waals surface area contributed by atoms with Gasteiger partial charge in [0.2, 0.25) is 0 Å². The lowest BCUT2D eigenvalue weighted by atomic mass is 9.79. The number of aromatic nitrogens is 3. The maximum atomic E-state index is 6.04. The molecule has 1 heterocycles. The highest BCUT2D eigenvalue weighted by atomic mass is 79.9. The van der Waals surface area contributed by atoms with E-state index < -0.39 is 0 Å². The van der Waals surface area contributed by atoms with Crippen LogP contribution in [0.25, 0.3) is 5.69 Å². The van der Waals surface area contributed by atoms with Crippen LogP contribution in [-0.4, -0.2) is 21.3 Å². The average molecular weight is 321 g/mol. The molecule has 5 heteroatoms. The molecule has 0 atom stereocenters. The Labute approximate surface area is 121 Å². The Morgan fingerprint density at radius 2 is 2.11 bits per heavy atom. The van der Waals surface area contributed by atoms with E-state index in [4.69, 9.17) is 5.73 Å². The van der Waals surface area contributed by atoms with E-state index in [9.17, 15) is 0 Å². The predicted molar refractivity (Wildman–Crippen MR) is 78.3 cm³/mol. The Bertz CT molecular complexity index is 559. The van der Waals surface area contributed by atoms with Crippen molar-refractivity contribution in [3.05, 3.63) is 40.9 Å². The van der Waals surface area contributed by atoms with Crippen molar-refractivity contribution in [2.24, 2.45) is 5.73 Å². The third-order valence-corrected chi connectivity index (χ3v) is 4.81. The third kappa shape index (κ3) is 2.21. The molecule has 0 amide bonds. The molecule has 2 aromatic rings. The summed E-state index contributed by atoms with van der Waals surface area (Å²) in [5.41, 5.74) is 8.55. The second-order valence-electron chi connectivity index (χ2n) is 5.20. The SMILES string of the molecule is NCC1(c2ccc(-n3cncn3)c(Br)c2)CCCC1. The minimum Gasteiger partial charge on any atom is -0.330 e. The molecule has 2 N–H and O–H groups in total. The van der Waals surface area contributed by atoms with Gasteiger partial charge in [0.15, 0.2) is 0 Å². The van der Waals surface area contributed by atoms with Gasteiger partial charge in [0.05, 0.1) is 5.69 Å². The van der Waals surface area contributed by atoms with E-state index in [1.807, 2.05) is 0 Å². The van der Waals surface area contributed by atoms with Crippen molar-refractivity contribution in [2.75, 3.05) is 6.54 Å². The van der Waals surface area contributed by atoms with E-state index in [2.05, 4.69) is 44.2 Å². The van der Waals surface area contributed by atoms with Gasteiger partial charge in [-0.15, -0.1) is 0 Å². The van der Waals surface area contributed by atoms with E-state index in [0.717, 1.165) is 16.7 Å². The van der Waals surface area contributed by atoms with Crippen molar-refractivity contribution in [1.29, 1.82) is 0 Å². The van der Waals surface area contributed by atoms with E-state index in [0.29, 0.717) is 0 Å². The number of benzene rings is 1. The summed E-state index contributed by atoms with van der Waals surface area (Å²) in [6.45, 7) is 0.724. The summed E-state index contributed by atoms with van der Waals surface area (Å²) in [6, 6.07) is 6.46. The number of rotatable bonds is 3. The summed E-state index contributed by atoms with van der Waals surface area (Å²) in [4.78, 5) is 3.98. The van der Waals surface area contributed by atoms with Crippen molar-refractivity contribution in [1.82, 2.24) is 14.8 Å². The smallest absolute Gasteiger partial charge is 0.138 e.